The van der Waals surface area contributed by atoms with Crippen LogP contribution < -0.4 is 10.2 Å². The smallest absolute Gasteiger partial charge is 0.298 e. The van der Waals surface area contributed by atoms with Gasteiger partial charge in [0.1, 0.15) is 5.52 Å². The number of hydrogen-bond donors (Lipinski definition) is 1. The molecule has 1 N–H and O–H groups in total. The molecule has 28 heavy (non-hydrogen) atoms. The molecule has 1 saturated heterocycles. The molecule has 1 amide bonds. The lowest BCUT2D eigenvalue weighted by Crippen LogP contribution is -2.38. The third-order valence-corrected chi connectivity index (χ3v) is 5.20. The van der Waals surface area contributed by atoms with Gasteiger partial charge in [-0.25, -0.2) is 0 Å². The molecule has 0 saturated carbocycles. The van der Waals surface area contributed by atoms with Gasteiger partial charge in [-0.2, -0.15) is 4.98 Å². The molecule has 3 aromatic rings. The largest absolute Gasteiger partial charge is 0.423 e. The van der Waals surface area contributed by atoms with E-state index < -0.39 is 0 Å². The van der Waals surface area contributed by atoms with Gasteiger partial charge >= 0.3 is 0 Å². The summed E-state index contributed by atoms with van der Waals surface area (Å²) in [7, 11) is 0. The molecule has 1 aromatic carbocycles. The van der Waals surface area contributed by atoms with Crippen LogP contribution in [0.25, 0.3) is 11.1 Å². The lowest BCUT2D eigenvalue weighted by atomic mass is 9.94. The minimum Gasteiger partial charge on any atom is -0.423 e. The molecule has 9 heteroatoms. The van der Waals surface area contributed by atoms with Crippen LogP contribution in [0, 0.1) is 5.92 Å². The molecule has 0 aliphatic carbocycles. The topological polar surface area (TPSA) is 89.1 Å². The quantitative estimate of drug-likeness (QED) is 0.611. The molecule has 3 heterocycles. The summed E-state index contributed by atoms with van der Waals surface area (Å²) in [5, 5.41) is 11.3. The summed E-state index contributed by atoms with van der Waals surface area (Å²) in [6.07, 6.45) is 6.87. The highest BCUT2D eigenvalue weighted by Gasteiger charge is 2.25. The molecular weight excluding hydrogens is 380 g/mol. The van der Waals surface area contributed by atoms with Crippen LogP contribution in [-0.4, -0.2) is 45.5 Å². The average molecular weight is 403 g/mol. The molecule has 1 unspecified atom stereocenters. The second-order valence-electron chi connectivity index (χ2n) is 7.14. The zero-order valence-corrected chi connectivity index (χ0v) is 16.3. The van der Waals surface area contributed by atoms with Crippen molar-refractivity contribution in [1.82, 2.24) is 25.3 Å². The van der Waals surface area contributed by atoms with Crippen molar-refractivity contribution in [2.24, 2.45) is 5.92 Å². The summed E-state index contributed by atoms with van der Waals surface area (Å²) >= 11 is 6.02. The lowest BCUT2D eigenvalue weighted by Gasteiger charge is -2.31. The molecule has 0 bridgehead atoms. The normalized spacial score (nSPS) is 17.2. The lowest BCUT2D eigenvalue weighted by molar-refractivity contribution is -0.122. The summed E-state index contributed by atoms with van der Waals surface area (Å²) in [5.74, 6) is 0.387. The molecular formula is C19H23ClN6O2. The first-order valence-corrected chi connectivity index (χ1v) is 9.97. The maximum Gasteiger partial charge on any atom is 0.298 e. The Morgan fingerprint density at radius 3 is 3.18 bits per heavy atom. The zero-order chi connectivity index (χ0) is 19.3. The van der Waals surface area contributed by atoms with Gasteiger partial charge in [-0.15, -0.1) is 5.10 Å². The number of rotatable bonds is 7. The Labute approximate surface area is 167 Å². The SMILES string of the molecule is O=C(CC1CCCN(c2nc3ccc(Cl)cc3o2)C1)NCCCn1ccnn1. The summed E-state index contributed by atoms with van der Waals surface area (Å²) < 4.78 is 7.64. The summed E-state index contributed by atoms with van der Waals surface area (Å²) in [6, 6.07) is 6.05. The molecule has 1 atom stereocenters. The minimum atomic E-state index is 0.0924. The van der Waals surface area contributed by atoms with Crippen molar-refractivity contribution in [3.8, 4) is 0 Å². The van der Waals surface area contributed by atoms with Crippen LogP contribution in [0.5, 0.6) is 0 Å². The van der Waals surface area contributed by atoms with Crippen molar-refractivity contribution in [2.45, 2.75) is 32.2 Å². The molecule has 1 aliphatic rings. The van der Waals surface area contributed by atoms with Crippen LogP contribution in [0.2, 0.25) is 5.02 Å². The maximum absolute atomic E-state index is 12.3. The Bertz CT molecular complexity index is 926. The van der Waals surface area contributed by atoms with E-state index >= 15 is 0 Å². The van der Waals surface area contributed by atoms with Crippen molar-refractivity contribution in [3.63, 3.8) is 0 Å². The van der Waals surface area contributed by atoms with Gasteiger partial charge in [0.25, 0.3) is 6.01 Å². The number of aryl methyl sites for hydroxylation is 1. The van der Waals surface area contributed by atoms with E-state index in [9.17, 15) is 4.79 Å². The first-order chi connectivity index (χ1) is 13.7. The first kappa shape index (κ1) is 18.7. The van der Waals surface area contributed by atoms with Crippen LogP contribution in [0.4, 0.5) is 6.01 Å². The van der Waals surface area contributed by atoms with E-state index in [1.807, 2.05) is 18.3 Å². The molecule has 1 fully saturated rings. The van der Waals surface area contributed by atoms with Gasteiger partial charge in [-0.1, -0.05) is 16.8 Å². The number of piperidine rings is 1. The molecule has 0 radical (unpaired) electrons. The number of carbonyl (C=O) groups excluding carboxylic acids is 1. The Morgan fingerprint density at radius 2 is 2.32 bits per heavy atom. The Balaban J connectivity index is 1.26. The number of benzene rings is 1. The van der Waals surface area contributed by atoms with E-state index in [1.165, 1.54) is 0 Å². The van der Waals surface area contributed by atoms with Gasteiger partial charge < -0.3 is 14.6 Å². The molecule has 4 rings (SSSR count). The second-order valence-corrected chi connectivity index (χ2v) is 7.57. The highest BCUT2D eigenvalue weighted by molar-refractivity contribution is 6.31. The third kappa shape index (κ3) is 4.62. The van der Waals surface area contributed by atoms with Crippen molar-refractivity contribution >= 4 is 34.6 Å². The summed E-state index contributed by atoms with van der Waals surface area (Å²) in [4.78, 5) is 19.0. The van der Waals surface area contributed by atoms with E-state index in [2.05, 4.69) is 25.5 Å². The predicted octanol–water partition coefficient (Wildman–Crippen LogP) is 2.89. The standard InChI is InChI=1S/C19H23ClN6O2/c20-15-4-5-16-17(12-15)28-19(23-16)25-8-1-3-14(13-25)11-18(27)21-6-2-9-26-10-7-22-24-26/h4-5,7,10,12,14H,1-3,6,8-9,11,13H2,(H,21,27). The van der Waals surface area contributed by atoms with Gasteiger partial charge in [0, 0.05) is 49.9 Å². The van der Waals surface area contributed by atoms with Crippen LogP contribution in [0.1, 0.15) is 25.7 Å². The van der Waals surface area contributed by atoms with Crippen LogP contribution >= 0.6 is 11.6 Å². The van der Waals surface area contributed by atoms with Gasteiger partial charge in [0.15, 0.2) is 5.58 Å². The number of amides is 1. The third-order valence-electron chi connectivity index (χ3n) is 4.96. The van der Waals surface area contributed by atoms with Gasteiger partial charge in [-0.05, 0) is 37.3 Å². The Morgan fingerprint density at radius 1 is 1.39 bits per heavy atom. The number of aromatic nitrogens is 4. The summed E-state index contributed by atoms with van der Waals surface area (Å²) in [5.41, 5.74) is 1.49. The fourth-order valence-electron chi connectivity index (χ4n) is 3.58. The van der Waals surface area contributed by atoms with Crippen LogP contribution in [0.3, 0.4) is 0 Å². The number of halogens is 1. The first-order valence-electron chi connectivity index (χ1n) is 9.59. The van der Waals surface area contributed by atoms with Crippen molar-refractivity contribution in [3.05, 3.63) is 35.6 Å². The predicted molar refractivity (Wildman–Crippen MR) is 106 cm³/mol. The highest BCUT2D eigenvalue weighted by atomic mass is 35.5. The molecule has 148 valence electrons. The van der Waals surface area contributed by atoms with Gasteiger partial charge in [0.2, 0.25) is 5.91 Å². The highest BCUT2D eigenvalue weighted by Crippen LogP contribution is 2.28. The molecule has 2 aromatic heterocycles. The van der Waals surface area contributed by atoms with Crippen molar-refractivity contribution in [1.29, 1.82) is 0 Å². The van der Waals surface area contributed by atoms with Gasteiger partial charge in [0.05, 0.1) is 6.20 Å². The number of hydrogen-bond acceptors (Lipinski definition) is 6. The van der Waals surface area contributed by atoms with E-state index in [0.717, 1.165) is 44.4 Å². The van der Waals surface area contributed by atoms with Crippen LogP contribution in [-0.2, 0) is 11.3 Å². The monoisotopic (exact) mass is 402 g/mol. The van der Waals surface area contributed by atoms with E-state index in [4.69, 9.17) is 16.0 Å². The van der Waals surface area contributed by atoms with E-state index in [0.29, 0.717) is 35.5 Å². The minimum absolute atomic E-state index is 0.0924. The number of oxazole rings is 1. The van der Waals surface area contributed by atoms with Crippen LogP contribution in [0.15, 0.2) is 35.0 Å². The van der Waals surface area contributed by atoms with Gasteiger partial charge in [-0.3, -0.25) is 9.48 Å². The number of carbonyl (C=O) groups is 1. The Kier molecular flexibility index (Phi) is 5.76. The molecule has 0 spiro atoms. The average Bonchev–Trinajstić information content (AvgIpc) is 3.35. The zero-order valence-electron chi connectivity index (χ0n) is 15.6. The van der Waals surface area contributed by atoms with E-state index in [1.54, 1.807) is 16.9 Å². The molecule has 8 nitrogen and oxygen atoms in total. The van der Waals surface area contributed by atoms with Crippen molar-refractivity contribution in [2.75, 3.05) is 24.5 Å². The number of nitrogens with one attached hydrogen (secondary N) is 1. The molecule has 1 aliphatic heterocycles. The fraction of sp³-hybridized carbons (Fsp3) is 0.474. The van der Waals surface area contributed by atoms with Crippen molar-refractivity contribution < 1.29 is 9.21 Å². The number of nitrogens with zero attached hydrogens (tertiary/aromatic N) is 5. The number of anilines is 1. The fourth-order valence-corrected chi connectivity index (χ4v) is 3.74. The maximum atomic E-state index is 12.3. The summed E-state index contributed by atoms with van der Waals surface area (Å²) in [6.45, 7) is 3.05. The second kappa shape index (κ2) is 8.60. The number of fused-ring (bicyclic) bond motifs is 1. The Hall–Kier alpha value is -2.61. The van der Waals surface area contributed by atoms with E-state index in [-0.39, 0.29) is 5.91 Å².